The third kappa shape index (κ3) is 2.66. The third-order valence-electron chi connectivity index (χ3n) is 5.06. The van der Waals surface area contributed by atoms with E-state index in [4.69, 9.17) is 19.3 Å². The zero-order chi connectivity index (χ0) is 16.0. The van der Waals surface area contributed by atoms with Crippen LogP contribution in [0.15, 0.2) is 22.8 Å². The fourth-order valence-electron chi connectivity index (χ4n) is 3.90. The SMILES string of the molecule is COc1cc2nn(C3CCC4(C[C@H]3C)OCCO4)cc2cc1Br. The maximum Gasteiger partial charge on any atom is 0.168 e. The molecule has 4 rings (SSSR count). The van der Waals surface area contributed by atoms with Crippen molar-refractivity contribution in [3.63, 3.8) is 0 Å². The molecule has 6 heteroatoms. The van der Waals surface area contributed by atoms with Crippen LogP contribution < -0.4 is 4.74 Å². The van der Waals surface area contributed by atoms with Gasteiger partial charge in [-0.25, -0.2) is 0 Å². The van der Waals surface area contributed by atoms with E-state index in [0.717, 1.165) is 53.6 Å². The summed E-state index contributed by atoms with van der Waals surface area (Å²) in [6, 6.07) is 4.43. The lowest BCUT2D eigenvalue weighted by atomic mass is 9.82. The van der Waals surface area contributed by atoms with Gasteiger partial charge in [0.1, 0.15) is 5.75 Å². The number of hydrogen-bond donors (Lipinski definition) is 0. The van der Waals surface area contributed by atoms with E-state index in [1.54, 1.807) is 7.11 Å². The largest absolute Gasteiger partial charge is 0.495 e. The van der Waals surface area contributed by atoms with Crippen LogP contribution in [0.1, 0.15) is 32.2 Å². The third-order valence-corrected chi connectivity index (χ3v) is 5.68. The molecule has 0 amide bonds. The first-order valence-corrected chi connectivity index (χ1v) is 8.90. The van der Waals surface area contributed by atoms with Crippen LogP contribution in [0, 0.1) is 5.92 Å². The minimum atomic E-state index is -0.339. The fraction of sp³-hybridized carbons (Fsp3) is 0.588. The van der Waals surface area contributed by atoms with Crippen LogP contribution in [0.25, 0.3) is 10.9 Å². The summed E-state index contributed by atoms with van der Waals surface area (Å²) in [4.78, 5) is 0. The lowest BCUT2D eigenvalue weighted by Gasteiger charge is -2.39. The summed E-state index contributed by atoms with van der Waals surface area (Å²) in [5, 5.41) is 5.91. The van der Waals surface area contributed by atoms with E-state index in [9.17, 15) is 0 Å². The van der Waals surface area contributed by atoms with Crippen LogP contribution >= 0.6 is 15.9 Å². The van der Waals surface area contributed by atoms with Gasteiger partial charge in [-0.2, -0.15) is 5.10 Å². The van der Waals surface area contributed by atoms with Crippen molar-refractivity contribution in [2.24, 2.45) is 5.92 Å². The zero-order valence-electron chi connectivity index (χ0n) is 13.4. The predicted molar refractivity (Wildman–Crippen MR) is 90.7 cm³/mol. The van der Waals surface area contributed by atoms with Gasteiger partial charge >= 0.3 is 0 Å². The summed E-state index contributed by atoms with van der Waals surface area (Å²) in [7, 11) is 1.67. The Hall–Kier alpha value is -1.11. The first-order chi connectivity index (χ1) is 11.1. The molecule has 2 atom stereocenters. The van der Waals surface area contributed by atoms with Crippen molar-refractivity contribution in [1.29, 1.82) is 0 Å². The van der Waals surface area contributed by atoms with Gasteiger partial charge in [-0.05, 0) is 34.3 Å². The van der Waals surface area contributed by atoms with E-state index in [-0.39, 0.29) is 5.79 Å². The van der Waals surface area contributed by atoms with E-state index >= 15 is 0 Å². The molecule has 2 aliphatic rings. The van der Waals surface area contributed by atoms with Gasteiger partial charge in [-0.15, -0.1) is 0 Å². The number of fused-ring (bicyclic) bond motifs is 1. The molecule has 23 heavy (non-hydrogen) atoms. The number of benzene rings is 1. The molecule has 1 aliphatic carbocycles. The lowest BCUT2D eigenvalue weighted by molar-refractivity contribution is -0.192. The summed E-state index contributed by atoms with van der Waals surface area (Å²) in [6.07, 6.45) is 5.02. The Labute approximate surface area is 144 Å². The molecule has 1 unspecified atom stereocenters. The summed E-state index contributed by atoms with van der Waals surface area (Å²) in [5.41, 5.74) is 0.964. The first kappa shape index (κ1) is 15.4. The minimum Gasteiger partial charge on any atom is -0.495 e. The molecule has 1 aromatic heterocycles. The van der Waals surface area contributed by atoms with Crippen molar-refractivity contribution in [3.8, 4) is 5.75 Å². The molecule has 2 fully saturated rings. The second-order valence-corrected chi connectivity index (χ2v) is 7.40. The smallest absolute Gasteiger partial charge is 0.168 e. The summed E-state index contributed by atoms with van der Waals surface area (Å²) in [6.45, 7) is 3.70. The lowest BCUT2D eigenvalue weighted by Crippen LogP contribution is -2.40. The molecular formula is C17H21BrN2O3. The summed E-state index contributed by atoms with van der Waals surface area (Å²) < 4.78 is 20.2. The zero-order valence-corrected chi connectivity index (χ0v) is 15.0. The molecule has 5 nitrogen and oxygen atoms in total. The summed E-state index contributed by atoms with van der Waals surface area (Å²) in [5.74, 6) is 0.932. The Morgan fingerprint density at radius 1 is 1.35 bits per heavy atom. The average molecular weight is 381 g/mol. The van der Waals surface area contributed by atoms with Gasteiger partial charge in [0.2, 0.25) is 0 Å². The highest BCUT2D eigenvalue weighted by Crippen LogP contribution is 2.44. The second kappa shape index (κ2) is 5.76. The standard InChI is InChI=1S/C17H21BrN2O3/c1-11-9-17(22-5-6-23-17)4-3-15(11)20-10-12-7-13(18)16(21-2)8-14(12)19-20/h7-8,10-11,15H,3-6,9H2,1-2H3/t11-,15?/m1/s1. The van der Waals surface area contributed by atoms with Gasteiger partial charge in [0.05, 0.1) is 36.4 Å². The molecule has 1 aliphatic heterocycles. The molecule has 0 N–H and O–H groups in total. The van der Waals surface area contributed by atoms with Crippen LogP contribution in [-0.2, 0) is 9.47 Å². The topological polar surface area (TPSA) is 45.5 Å². The number of halogens is 1. The monoisotopic (exact) mass is 380 g/mol. The molecule has 2 heterocycles. The highest BCUT2D eigenvalue weighted by molar-refractivity contribution is 9.10. The van der Waals surface area contributed by atoms with E-state index in [0.29, 0.717) is 12.0 Å². The minimum absolute atomic E-state index is 0.339. The fourth-order valence-corrected chi connectivity index (χ4v) is 4.43. The maximum atomic E-state index is 5.87. The van der Waals surface area contributed by atoms with E-state index in [1.165, 1.54) is 0 Å². The van der Waals surface area contributed by atoms with Gasteiger partial charge in [0, 0.05) is 30.5 Å². The van der Waals surface area contributed by atoms with Crippen LogP contribution in [0.3, 0.4) is 0 Å². The van der Waals surface area contributed by atoms with Crippen molar-refractivity contribution >= 4 is 26.8 Å². The Morgan fingerprint density at radius 2 is 2.13 bits per heavy atom. The molecule has 1 aromatic carbocycles. The molecule has 0 radical (unpaired) electrons. The van der Waals surface area contributed by atoms with Crippen molar-refractivity contribution in [2.75, 3.05) is 20.3 Å². The van der Waals surface area contributed by atoms with Crippen LogP contribution in [-0.4, -0.2) is 35.9 Å². The van der Waals surface area contributed by atoms with E-state index < -0.39 is 0 Å². The van der Waals surface area contributed by atoms with Gasteiger partial charge < -0.3 is 14.2 Å². The number of nitrogens with zero attached hydrogens (tertiary/aromatic N) is 2. The van der Waals surface area contributed by atoms with Gasteiger partial charge in [0.25, 0.3) is 0 Å². The molecule has 1 spiro atoms. The van der Waals surface area contributed by atoms with Gasteiger partial charge in [-0.1, -0.05) is 6.92 Å². The van der Waals surface area contributed by atoms with Crippen molar-refractivity contribution in [2.45, 2.75) is 38.0 Å². The van der Waals surface area contributed by atoms with E-state index in [1.807, 2.05) is 6.07 Å². The number of hydrogen-bond acceptors (Lipinski definition) is 4. The predicted octanol–water partition coefficient (Wildman–Crippen LogP) is 3.91. The average Bonchev–Trinajstić information content (AvgIpc) is 3.13. The number of methoxy groups -OCH3 is 1. The van der Waals surface area contributed by atoms with E-state index in [2.05, 4.69) is 39.8 Å². The Balaban J connectivity index is 1.61. The number of rotatable bonds is 2. The highest BCUT2D eigenvalue weighted by atomic mass is 79.9. The van der Waals surface area contributed by atoms with Crippen LogP contribution in [0.4, 0.5) is 0 Å². The maximum absolute atomic E-state index is 5.87. The molecule has 2 aromatic rings. The Kier molecular flexibility index (Phi) is 3.86. The highest BCUT2D eigenvalue weighted by Gasteiger charge is 2.44. The number of ether oxygens (including phenoxy) is 3. The first-order valence-electron chi connectivity index (χ1n) is 8.10. The molecular weight excluding hydrogens is 360 g/mol. The Morgan fingerprint density at radius 3 is 2.83 bits per heavy atom. The van der Waals surface area contributed by atoms with Gasteiger partial charge in [-0.3, -0.25) is 4.68 Å². The van der Waals surface area contributed by atoms with Crippen molar-refractivity contribution in [1.82, 2.24) is 9.78 Å². The molecule has 0 bridgehead atoms. The normalized spacial score (nSPS) is 26.9. The Bertz CT molecular complexity index is 724. The number of aromatic nitrogens is 2. The van der Waals surface area contributed by atoms with Crippen molar-refractivity contribution < 1.29 is 14.2 Å². The van der Waals surface area contributed by atoms with Gasteiger partial charge in [0.15, 0.2) is 5.79 Å². The van der Waals surface area contributed by atoms with Crippen molar-refractivity contribution in [3.05, 3.63) is 22.8 Å². The molecule has 1 saturated heterocycles. The second-order valence-electron chi connectivity index (χ2n) is 6.55. The molecule has 124 valence electrons. The van der Waals surface area contributed by atoms with Crippen LogP contribution in [0.2, 0.25) is 0 Å². The van der Waals surface area contributed by atoms with Crippen LogP contribution in [0.5, 0.6) is 5.75 Å². The molecule has 1 saturated carbocycles. The quantitative estimate of drug-likeness (QED) is 0.791. The summed E-state index contributed by atoms with van der Waals surface area (Å²) >= 11 is 3.54.